The topological polar surface area (TPSA) is 70.4 Å². The molecular formula is C24H28N4O. The molecule has 0 radical (unpaired) electrons. The Hall–Kier alpha value is -3.15. The Bertz CT molecular complexity index is 866. The second kappa shape index (κ2) is 11.0. The number of nitrogens with zero attached hydrogens (tertiary/aromatic N) is 1. The number of hydrogen-bond acceptors (Lipinski definition) is 4. The van der Waals surface area contributed by atoms with Crippen molar-refractivity contribution in [2.24, 2.45) is 5.73 Å². The third kappa shape index (κ3) is 6.75. The molecule has 0 fully saturated rings. The van der Waals surface area contributed by atoms with E-state index in [2.05, 4.69) is 40.0 Å². The Morgan fingerprint density at radius 3 is 2.00 bits per heavy atom. The summed E-state index contributed by atoms with van der Waals surface area (Å²) < 4.78 is 0. The summed E-state index contributed by atoms with van der Waals surface area (Å²) in [5, 5.41) is 0. The van der Waals surface area contributed by atoms with E-state index in [9.17, 15) is 4.79 Å². The predicted octanol–water partition coefficient (Wildman–Crippen LogP) is 3.79. The Balaban J connectivity index is 1.57. The summed E-state index contributed by atoms with van der Waals surface area (Å²) >= 11 is 0. The van der Waals surface area contributed by atoms with Crippen LogP contribution in [0.2, 0.25) is 0 Å². The van der Waals surface area contributed by atoms with Crippen LogP contribution in [-0.4, -0.2) is 23.9 Å². The zero-order valence-electron chi connectivity index (χ0n) is 16.6. The van der Waals surface area contributed by atoms with Crippen LogP contribution in [0.1, 0.15) is 27.9 Å². The highest BCUT2D eigenvalue weighted by Gasteiger charge is 2.09. The molecule has 0 heterocycles. The lowest BCUT2D eigenvalue weighted by Crippen LogP contribution is -2.29. The Morgan fingerprint density at radius 2 is 1.38 bits per heavy atom. The first-order valence-electron chi connectivity index (χ1n) is 9.91. The van der Waals surface area contributed by atoms with Crippen LogP contribution in [0.15, 0.2) is 84.9 Å². The van der Waals surface area contributed by atoms with E-state index in [1.54, 1.807) is 0 Å². The summed E-state index contributed by atoms with van der Waals surface area (Å²) in [4.78, 5) is 14.7. The molecule has 0 atom stereocenters. The van der Waals surface area contributed by atoms with E-state index >= 15 is 0 Å². The van der Waals surface area contributed by atoms with Crippen LogP contribution in [0, 0.1) is 0 Å². The number of anilines is 1. The van der Waals surface area contributed by atoms with Crippen molar-refractivity contribution in [1.29, 1.82) is 0 Å². The molecule has 0 aromatic heterocycles. The summed E-state index contributed by atoms with van der Waals surface area (Å²) in [6, 6.07) is 27.7. The molecule has 3 aromatic carbocycles. The standard InChI is InChI=1S/C24H28N4O/c25-16-7-17-28(18-20-8-3-1-4-9-20)19-21-12-14-22(15-13-21)24(29)27-26-23-10-5-2-6-11-23/h1-6,8-15,26H,7,16-19,25H2,(H,27,29). The summed E-state index contributed by atoms with van der Waals surface area (Å²) in [6.07, 6.45) is 0.957. The molecule has 0 bridgehead atoms. The van der Waals surface area contributed by atoms with Gasteiger partial charge in [0, 0.05) is 25.2 Å². The van der Waals surface area contributed by atoms with Gasteiger partial charge in [-0.2, -0.15) is 0 Å². The van der Waals surface area contributed by atoms with E-state index in [4.69, 9.17) is 5.73 Å². The minimum absolute atomic E-state index is 0.162. The number of rotatable bonds is 10. The van der Waals surface area contributed by atoms with Gasteiger partial charge in [0.25, 0.3) is 5.91 Å². The number of nitrogens with one attached hydrogen (secondary N) is 2. The van der Waals surface area contributed by atoms with Gasteiger partial charge in [-0.25, -0.2) is 0 Å². The SMILES string of the molecule is NCCCN(Cc1ccccc1)Cc1ccc(C(=O)NNc2ccccc2)cc1. The lowest BCUT2D eigenvalue weighted by atomic mass is 10.1. The molecule has 0 saturated carbocycles. The average molecular weight is 389 g/mol. The molecule has 0 aliphatic heterocycles. The van der Waals surface area contributed by atoms with Gasteiger partial charge in [0.15, 0.2) is 0 Å². The van der Waals surface area contributed by atoms with Crippen LogP contribution in [-0.2, 0) is 13.1 Å². The van der Waals surface area contributed by atoms with Gasteiger partial charge in [-0.05, 0) is 48.4 Å². The highest BCUT2D eigenvalue weighted by Crippen LogP contribution is 2.12. The van der Waals surface area contributed by atoms with Crippen molar-refractivity contribution in [3.8, 4) is 0 Å². The number of hydrogen-bond donors (Lipinski definition) is 3. The highest BCUT2D eigenvalue weighted by molar-refractivity contribution is 5.94. The maximum absolute atomic E-state index is 12.3. The van der Waals surface area contributed by atoms with Crippen molar-refractivity contribution in [3.05, 3.63) is 102 Å². The van der Waals surface area contributed by atoms with E-state index in [0.717, 1.165) is 31.7 Å². The zero-order chi connectivity index (χ0) is 20.3. The van der Waals surface area contributed by atoms with Crippen molar-refractivity contribution < 1.29 is 4.79 Å². The molecule has 1 amide bonds. The van der Waals surface area contributed by atoms with E-state index in [1.165, 1.54) is 11.1 Å². The van der Waals surface area contributed by atoms with Crippen molar-refractivity contribution in [2.75, 3.05) is 18.5 Å². The quantitative estimate of drug-likeness (QED) is 0.462. The molecule has 150 valence electrons. The minimum Gasteiger partial charge on any atom is -0.330 e. The minimum atomic E-state index is -0.162. The Kier molecular flexibility index (Phi) is 7.81. The first-order valence-corrected chi connectivity index (χ1v) is 9.91. The predicted molar refractivity (Wildman–Crippen MR) is 118 cm³/mol. The summed E-state index contributed by atoms with van der Waals surface area (Å²) in [5.41, 5.74) is 15.3. The van der Waals surface area contributed by atoms with Crippen LogP contribution >= 0.6 is 0 Å². The van der Waals surface area contributed by atoms with Gasteiger partial charge >= 0.3 is 0 Å². The number of amides is 1. The molecule has 4 N–H and O–H groups in total. The third-order valence-corrected chi connectivity index (χ3v) is 4.64. The van der Waals surface area contributed by atoms with Crippen LogP contribution in [0.5, 0.6) is 0 Å². The first kappa shape index (κ1) is 20.6. The Morgan fingerprint density at radius 1 is 0.793 bits per heavy atom. The molecule has 0 aliphatic carbocycles. The van der Waals surface area contributed by atoms with Crippen molar-refractivity contribution in [1.82, 2.24) is 10.3 Å². The molecule has 5 nitrogen and oxygen atoms in total. The number of carbonyl (C=O) groups excluding carboxylic acids is 1. The van der Waals surface area contributed by atoms with Crippen molar-refractivity contribution in [2.45, 2.75) is 19.5 Å². The number of para-hydroxylation sites is 1. The molecule has 29 heavy (non-hydrogen) atoms. The van der Waals surface area contributed by atoms with Crippen LogP contribution in [0.3, 0.4) is 0 Å². The maximum Gasteiger partial charge on any atom is 0.269 e. The molecule has 5 heteroatoms. The van der Waals surface area contributed by atoms with Crippen LogP contribution in [0.25, 0.3) is 0 Å². The lowest BCUT2D eigenvalue weighted by molar-refractivity contribution is 0.0962. The van der Waals surface area contributed by atoms with E-state index in [-0.39, 0.29) is 5.91 Å². The molecule has 0 aliphatic rings. The second-order valence-electron chi connectivity index (χ2n) is 6.98. The summed E-state index contributed by atoms with van der Waals surface area (Å²) in [7, 11) is 0. The zero-order valence-corrected chi connectivity index (χ0v) is 16.6. The number of hydrazine groups is 1. The smallest absolute Gasteiger partial charge is 0.269 e. The van der Waals surface area contributed by atoms with Gasteiger partial charge in [0.05, 0.1) is 5.69 Å². The fraction of sp³-hybridized carbons (Fsp3) is 0.208. The maximum atomic E-state index is 12.3. The van der Waals surface area contributed by atoms with Crippen molar-refractivity contribution in [3.63, 3.8) is 0 Å². The highest BCUT2D eigenvalue weighted by atomic mass is 16.2. The second-order valence-corrected chi connectivity index (χ2v) is 6.98. The van der Waals surface area contributed by atoms with E-state index in [0.29, 0.717) is 12.1 Å². The van der Waals surface area contributed by atoms with Gasteiger partial charge in [-0.1, -0.05) is 60.7 Å². The number of nitrogens with two attached hydrogens (primary N) is 1. The number of carbonyl (C=O) groups is 1. The summed E-state index contributed by atoms with van der Waals surface area (Å²) in [5.74, 6) is -0.162. The molecule has 3 aromatic rings. The van der Waals surface area contributed by atoms with Gasteiger partial charge in [0.2, 0.25) is 0 Å². The molecular weight excluding hydrogens is 360 g/mol. The first-order chi connectivity index (χ1) is 14.2. The summed E-state index contributed by atoms with van der Waals surface area (Å²) in [6.45, 7) is 3.32. The van der Waals surface area contributed by atoms with Gasteiger partial charge in [-0.3, -0.25) is 20.5 Å². The fourth-order valence-corrected chi connectivity index (χ4v) is 3.11. The monoisotopic (exact) mass is 388 g/mol. The molecule has 0 unspecified atom stereocenters. The van der Waals surface area contributed by atoms with Crippen LogP contribution in [0.4, 0.5) is 5.69 Å². The van der Waals surface area contributed by atoms with E-state index in [1.807, 2.05) is 60.7 Å². The fourth-order valence-electron chi connectivity index (χ4n) is 3.11. The van der Waals surface area contributed by atoms with Crippen LogP contribution < -0.4 is 16.6 Å². The molecule has 0 saturated heterocycles. The average Bonchev–Trinajstić information content (AvgIpc) is 2.78. The van der Waals surface area contributed by atoms with E-state index < -0.39 is 0 Å². The molecule has 0 spiro atoms. The van der Waals surface area contributed by atoms with Gasteiger partial charge in [-0.15, -0.1) is 0 Å². The van der Waals surface area contributed by atoms with Crippen molar-refractivity contribution >= 4 is 11.6 Å². The van der Waals surface area contributed by atoms with Gasteiger partial charge < -0.3 is 5.73 Å². The molecule has 3 rings (SSSR count). The normalized spacial score (nSPS) is 10.7. The lowest BCUT2D eigenvalue weighted by Gasteiger charge is -2.22. The largest absolute Gasteiger partial charge is 0.330 e. The number of benzene rings is 3. The third-order valence-electron chi connectivity index (χ3n) is 4.64. The van der Waals surface area contributed by atoms with Gasteiger partial charge in [0.1, 0.15) is 0 Å². The Labute approximate surface area is 172 Å².